The summed E-state index contributed by atoms with van der Waals surface area (Å²) < 4.78 is 30.1. The summed E-state index contributed by atoms with van der Waals surface area (Å²) in [5.41, 5.74) is 1.04. The van der Waals surface area contributed by atoms with E-state index in [4.69, 9.17) is 13.8 Å². The van der Waals surface area contributed by atoms with E-state index >= 15 is 0 Å². The van der Waals surface area contributed by atoms with Crippen LogP contribution < -0.4 is 14.1 Å². The second kappa shape index (κ2) is 10.3. The van der Waals surface area contributed by atoms with Gasteiger partial charge in [-0.25, -0.2) is 4.57 Å². The van der Waals surface area contributed by atoms with Gasteiger partial charge in [-0.2, -0.15) is 5.09 Å². The maximum atomic E-state index is 13.4. The van der Waals surface area contributed by atoms with Crippen molar-refractivity contribution in [3.63, 3.8) is 0 Å². The first kappa shape index (κ1) is 22.0. The molecular formula is C21H28NO5P. The molecule has 0 spiro atoms. The SMILES string of the molecule is CCC(CC)OC(=O)[C@H](C)NP(=O)(Oc1ccccc1)Oc1ccc(C)cc1. The molecular weight excluding hydrogens is 377 g/mol. The van der Waals surface area contributed by atoms with Gasteiger partial charge < -0.3 is 13.8 Å². The van der Waals surface area contributed by atoms with Crippen LogP contribution in [0.5, 0.6) is 11.5 Å². The molecule has 6 nitrogen and oxygen atoms in total. The Balaban J connectivity index is 2.18. The third-order valence-electron chi connectivity index (χ3n) is 4.11. The molecule has 1 unspecified atom stereocenters. The van der Waals surface area contributed by atoms with Gasteiger partial charge in [-0.1, -0.05) is 49.7 Å². The Morgan fingerprint density at radius 3 is 2.04 bits per heavy atom. The van der Waals surface area contributed by atoms with Crippen LogP contribution in [0.15, 0.2) is 54.6 Å². The summed E-state index contributed by atoms with van der Waals surface area (Å²) >= 11 is 0. The van der Waals surface area contributed by atoms with Crippen molar-refractivity contribution in [1.82, 2.24) is 5.09 Å². The minimum absolute atomic E-state index is 0.177. The van der Waals surface area contributed by atoms with Crippen molar-refractivity contribution in [3.8, 4) is 11.5 Å². The molecule has 0 radical (unpaired) electrons. The smallest absolute Gasteiger partial charge is 0.461 e. The van der Waals surface area contributed by atoms with Crippen LogP contribution in [-0.4, -0.2) is 18.1 Å². The van der Waals surface area contributed by atoms with Gasteiger partial charge >= 0.3 is 13.7 Å². The molecule has 28 heavy (non-hydrogen) atoms. The number of aryl methyl sites for hydroxylation is 1. The molecule has 2 aromatic carbocycles. The second-order valence-electron chi connectivity index (χ2n) is 6.53. The van der Waals surface area contributed by atoms with E-state index in [-0.39, 0.29) is 6.10 Å². The Morgan fingerprint density at radius 2 is 1.50 bits per heavy atom. The fourth-order valence-electron chi connectivity index (χ4n) is 2.44. The number of esters is 1. The van der Waals surface area contributed by atoms with E-state index in [0.29, 0.717) is 24.3 Å². The molecule has 0 saturated carbocycles. The van der Waals surface area contributed by atoms with Gasteiger partial charge in [0.1, 0.15) is 23.6 Å². The van der Waals surface area contributed by atoms with Gasteiger partial charge in [0.2, 0.25) is 0 Å². The van der Waals surface area contributed by atoms with E-state index in [1.54, 1.807) is 43.3 Å². The molecule has 0 aliphatic heterocycles. The minimum atomic E-state index is -3.90. The molecule has 0 aliphatic rings. The average molecular weight is 405 g/mol. The minimum Gasteiger partial charge on any atom is -0.461 e. The highest BCUT2D eigenvalue weighted by atomic mass is 31.2. The van der Waals surface area contributed by atoms with Crippen molar-refractivity contribution in [1.29, 1.82) is 0 Å². The van der Waals surface area contributed by atoms with Crippen molar-refractivity contribution < 1.29 is 23.1 Å². The van der Waals surface area contributed by atoms with E-state index < -0.39 is 19.8 Å². The summed E-state index contributed by atoms with van der Waals surface area (Å²) in [6.07, 6.45) is 1.25. The second-order valence-corrected chi connectivity index (χ2v) is 8.15. The molecule has 0 aromatic heterocycles. The molecule has 2 aromatic rings. The molecule has 7 heteroatoms. The Labute approximate surface area is 166 Å². The van der Waals surface area contributed by atoms with E-state index in [0.717, 1.165) is 5.56 Å². The Bertz CT molecular complexity index is 790. The van der Waals surface area contributed by atoms with Crippen LogP contribution in [0.3, 0.4) is 0 Å². The number of rotatable bonds is 10. The number of hydrogen-bond donors (Lipinski definition) is 1. The Kier molecular flexibility index (Phi) is 8.09. The lowest BCUT2D eigenvalue weighted by molar-refractivity contribution is -0.151. The quantitative estimate of drug-likeness (QED) is 0.429. The number of para-hydroxylation sites is 1. The van der Waals surface area contributed by atoms with E-state index in [1.165, 1.54) is 0 Å². The molecule has 152 valence electrons. The first-order valence-corrected chi connectivity index (χ1v) is 11.0. The van der Waals surface area contributed by atoms with Crippen LogP contribution in [-0.2, 0) is 14.1 Å². The van der Waals surface area contributed by atoms with Gasteiger partial charge in [-0.15, -0.1) is 0 Å². The summed E-state index contributed by atoms with van der Waals surface area (Å²) in [5.74, 6) is 0.238. The van der Waals surface area contributed by atoms with Gasteiger partial charge in [-0.3, -0.25) is 4.79 Å². The van der Waals surface area contributed by atoms with Crippen molar-refractivity contribution in [3.05, 3.63) is 60.2 Å². The number of ether oxygens (including phenoxy) is 1. The van der Waals surface area contributed by atoms with Crippen LogP contribution >= 0.6 is 7.75 Å². The number of benzene rings is 2. The maximum absolute atomic E-state index is 13.4. The molecule has 0 fully saturated rings. The molecule has 0 bridgehead atoms. The van der Waals surface area contributed by atoms with Crippen LogP contribution in [0.1, 0.15) is 39.2 Å². The standard InChI is InChI=1S/C21H28NO5P/c1-5-18(6-2)25-21(23)17(4)22-28(24,26-19-10-8-7-9-11-19)27-20-14-12-16(3)13-15-20/h7-15,17-18H,5-6H2,1-4H3,(H,22,24)/t17-,28?/m0/s1. The first-order chi connectivity index (χ1) is 13.3. The Hall–Kier alpha value is -2.30. The number of carbonyl (C=O) groups is 1. The van der Waals surface area contributed by atoms with Crippen molar-refractivity contribution in [2.75, 3.05) is 0 Å². The third kappa shape index (κ3) is 6.70. The van der Waals surface area contributed by atoms with Gasteiger partial charge in [-0.05, 0) is 51.0 Å². The van der Waals surface area contributed by atoms with Crippen LogP contribution in [0.25, 0.3) is 0 Å². The largest absolute Gasteiger partial charge is 0.513 e. The summed E-state index contributed by atoms with van der Waals surface area (Å²) in [7, 11) is -3.90. The normalized spacial score (nSPS) is 14.2. The highest BCUT2D eigenvalue weighted by Crippen LogP contribution is 2.45. The predicted octanol–water partition coefficient (Wildman–Crippen LogP) is 5.27. The topological polar surface area (TPSA) is 73.9 Å². The predicted molar refractivity (Wildman–Crippen MR) is 110 cm³/mol. The summed E-state index contributed by atoms with van der Waals surface area (Å²) in [4.78, 5) is 12.4. The molecule has 0 saturated heterocycles. The van der Waals surface area contributed by atoms with Crippen LogP contribution in [0.2, 0.25) is 0 Å². The average Bonchev–Trinajstić information content (AvgIpc) is 2.68. The van der Waals surface area contributed by atoms with Gasteiger partial charge in [0.25, 0.3) is 0 Å². The number of nitrogens with one attached hydrogen (secondary N) is 1. The van der Waals surface area contributed by atoms with Crippen LogP contribution in [0, 0.1) is 6.92 Å². The fourth-order valence-corrected chi connectivity index (χ4v) is 3.96. The van der Waals surface area contributed by atoms with E-state index in [9.17, 15) is 9.36 Å². The fraction of sp³-hybridized carbons (Fsp3) is 0.381. The molecule has 0 amide bonds. The zero-order valence-corrected chi connectivity index (χ0v) is 17.6. The maximum Gasteiger partial charge on any atom is 0.513 e. The van der Waals surface area contributed by atoms with Gasteiger partial charge in [0.05, 0.1) is 0 Å². The van der Waals surface area contributed by atoms with Gasteiger partial charge in [0.15, 0.2) is 0 Å². The third-order valence-corrected chi connectivity index (χ3v) is 5.72. The Morgan fingerprint density at radius 1 is 0.964 bits per heavy atom. The number of carbonyl (C=O) groups excluding carboxylic acids is 1. The molecule has 2 atom stereocenters. The first-order valence-electron chi connectivity index (χ1n) is 9.44. The molecule has 1 N–H and O–H groups in total. The van der Waals surface area contributed by atoms with Gasteiger partial charge in [0, 0.05) is 0 Å². The van der Waals surface area contributed by atoms with E-state index in [1.807, 2.05) is 39.0 Å². The van der Waals surface area contributed by atoms with Crippen molar-refractivity contribution in [2.45, 2.75) is 52.7 Å². The zero-order valence-electron chi connectivity index (χ0n) is 16.8. The monoisotopic (exact) mass is 405 g/mol. The van der Waals surface area contributed by atoms with Crippen molar-refractivity contribution in [2.24, 2.45) is 0 Å². The molecule has 2 rings (SSSR count). The number of hydrogen-bond acceptors (Lipinski definition) is 5. The lowest BCUT2D eigenvalue weighted by Gasteiger charge is -2.24. The van der Waals surface area contributed by atoms with Crippen LogP contribution in [0.4, 0.5) is 0 Å². The summed E-state index contributed by atoms with van der Waals surface area (Å²) in [5, 5.41) is 2.69. The molecule has 0 heterocycles. The molecule has 0 aliphatic carbocycles. The lowest BCUT2D eigenvalue weighted by atomic mass is 10.2. The summed E-state index contributed by atoms with van der Waals surface area (Å²) in [6, 6.07) is 14.9. The van der Waals surface area contributed by atoms with Crippen molar-refractivity contribution >= 4 is 13.7 Å². The lowest BCUT2D eigenvalue weighted by Crippen LogP contribution is -2.37. The zero-order chi connectivity index (χ0) is 20.6. The highest BCUT2D eigenvalue weighted by molar-refractivity contribution is 7.52. The highest BCUT2D eigenvalue weighted by Gasteiger charge is 2.34. The summed E-state index contributed by atoms with van der Waals surface area (Å²) in [6.45, 7) is 7.41. The van der Waals surface area contributed by atoms with E-state index in [2.05, 4.69) is 5.09 Å².